The van der Waals surface area contributed by atoms with E-state index in [1.165, 1.54) is 6.39 Å². The summed E-state index contributed by atoms with van der Waals surface area (Å²) in [6, 6.07) is 0. The van der Waals surface area contributed by atoms with Crippen molar-refractivity contribution in [3.05, 3.63) is 17.8 Å². The molecule has 0 aromatic carbocycles. The Morgan fingerprint density at radius 3 is 2.64 bits per heavy atom. The maximum absolute atomic E-state index is 9.33. The highest BCUT2D eigenvalue weighted by molar-refractivity contribution is 5.05. The summed E-state index contributed by atoms with van der Waals surface area (Å²) in [6.45, 7) is 3.46. The fraction of sp³-hybridized carbons (Fsp3) is 0.667. The lowest BCUT2D eigenvalue weighted by Crippen LogP contribution is -2.22. The van der Waals surface area contributed by atoms with Gasteiger partial charge in [-0.1, -0.05) is 0 Å². The van der Waals surface area contributed by atoms with E-state index in [1.54, 1.807) is 0 Å². The van der Waals surface area contributed by atoms with Crippen LogP contribution in [0.3, 0.4) is 0 Å². The van der Waals surface area contributed by atoms with Crippen molar-refractivity contribution >= 4 is 0 Å². The molecule has 0 aliphatic carbocycles. The number of aryl methyl sites for hydroxylation is 1. The van der Waals surface area contributed by atoms with Crippen molar-refractivity contribution in [3.8, 4) is 0 Å². The first-order valence-electron chi connectivity index (χ1n) is 4.64. The van der Waals surface area contributed by atoms with Crippen LogP contribution in [0.2, 0.25) is 0 Å². The van der Waals surface area contributed by atoms with Gasteiger partial charge in [0.05, 0.1) is 17.9 Å². The molecule has 5 heteroatoms. The maximum Gasteiger partial charge on any atom is 0.181 e. The number of hydrogen-bond donors (Lipinski definition) is 2. The molecule has 0 unspecified atom stereocenters. The molecule has 14 heavy (non-hydrogen) atoms. The van der Waals surface area contributed by atoms with Crippen LogP contribution in [0.25, 0.3) is 0 Å². The van der Waals surface area contributed by atoms with E-state index in [4.69, 9.17) is 4.42 Å². The van der Waals surface area contributed by atoms with Crippen LogP contribution >= 0.6 is 0 Å². The van der Waals surface area contributed by atoms with Gasteiger partial charge in [-0.05, 0) is 6.92 Å². The van der Waals surface area contributed by atoms with Gasteiger partial charge in [-0.2, -0.15) is 0 Å². The zero-order valence-corrected chi connectivity index (χ0v) is 8.05. The van der Waals surface area contributed by atoms with Gasteiger partial charge in [-0.15, -0.1) is 0 Å². The number of aromatic nitrogens is 1. The monoisotopic (exact) mass is 198 g/mol. The molecule has 5 nitrogen and oxygen atoms in total. The van der Waals surface area contributed by atoms with E-state index in [0.717, 1.165) is 11.5 Å². The SMILES string of the molecule is Cc1ocnc1CN1C[C@@H](O)[C@@H](O)C1. The number of rotatable bonds is 2. The number of aliphatic hydroxyl groups excluding tert-OH is 2. The number of likely N-dealkylation sites (tertiary alicyclic amines) is 1. The molecule has 78 valence electrons. The summed E-state index contributed by atoms with van der Waals surface area (Å²) in [5.41, 5.74) is 0.867. The second kappa shape index (κ2) is 3.68. The normalized spacial score (nSPS) is 28.5. The molecule has 2 N–H and O–H groups in total. The van der Waals surface area contributed by atoms with Crippen LogP contribution in [-0.2, 0) is 6.54 Å². The van der Waals surface area contributed by atoms with Crippen molar-refractivity contribution in [1.29, 1.82) is 0 Å². The molecule has 0 saturated carbocycles. The van der Waals surface area contributed by atoms with Crippen LogP contribution in [0.5, 0.6) is 0 Å². The molecule has 0 amide bonds. The van der Waals surface area contributed by atoms with Gasteiger partial charge in [0.2, 0.25) is 0 Å². The first-order chi connectivity index (χ1) is 6.66. The number of oxazole rings is 1. The summed E-state index contributed by atoms with van der Waals surface area (Å²) < 4.78 is 5.07. The standard InChI is InChI=1S/C9H14N2O3/c1-6-7(10-5-14-6)2-11-3-8(12)9(13)4-11/h5,8-9,12-13H,2-4H2,1H3/t8-,9+. The van der Waals surface area contributed by atoms with Gasteiger partial charge in [-0.3, -0.25) is 4.90 Å². The first kappa shape index (κ1) is 9.64. The molecule has 2 atom stereocenters. The van der Waals surface area contributed by atoms with E-state index in [1.807, 2.05) is 11.8 Å². The third-order valence-corrected chi connectivity index (χ3v) is 2.55. The predicted octanol–water partition coefficient (Wildman–Crippen LogP) is -0.480. The molecule has 1 saturated heterocycles. The van der Waals surface area contributed by atoms with Crippen molar-refractivity contribution < 1.29 is 14.6 Å². The van der Waals surface area contributed by atoms with Crippen LogP contribution in [0.4, 0.5) is 0 Å². The average molecular weight is 198 g/mol. The van der Waals surface area contributed by atoms with Gasteiger partial charge in [-0.25, -0.2) is 4.98 Å². The minimum absolute atomic E-state index is 0.494. The molecule has 0 bridgehead atoms. The van der Waals surface area contributed by atoms with Gasteiger partial charge >= 0.3 is 0 Å². The Bertz CT molecular complexity index is 303. The third-order valence-electron chi connectivity index (χ3n) is 2.55. The fourth-order valence-corrected chi connectivity index (χ4v) is 1.67. The molecular formula is C9H14N2O3. The zero-order valence-electron chi connectivity index (χ0n) is 8.05. The van der Waals surface area contributed by atoms with Crippen molar-refractivity contribution in [2.24, 2.45) is 0 Å². The molecule has 0 radical (unpaired) electrons. The molecule has 1 aromatic rings. The van der Waals surface area contributed by atoms with E-state index >= 15 is 0 Å². The largest absolute Gasteiger partial charge is 0.448 e. The summed E-state index contributed by atoms with van der Waals surface area (Å²) in [6.07, 6.45) is 0.137. The lowest BCUT2D eigenvalue weighted by molar-refractivity contribution is 0.0572. The highest BCUT2D eigenvalue weighted by atomic mass is 16.3. The van der Waals surface area contributed by atoms with Gasteiger partial charge in [0.25, 0.3) is 0 Å². The minimum atomic E-state index is -0.637. The van der Waals surface area contributed by atoms with Crippen molar-refractivity contribution in [1.82, 2.24) is 9.88 Å². The number of aliphatic hydroxyl groups is 2. The number of nitrogens with zero attached hydrogens (tertiary/aromatic N) is 2. The van der Waals surface area contributed by atoms with Crippen molar-refractivity contribution in [3.63, 3.8) is 0 Å². The van der Waals surface area contributed by atoms with E-state index in [0.29, 0.717) is 19.6 Å². The molecule has 1 aliphatic rings. The van der Waals surface area contributed by atoms with Crippen LogP contribution in [0.1, 0.15) is 11.5 Å². The lowest BCUT2D eigenvalue weighted by atomic mass is 10.3. The number of hydrogen-bond acceptors (Lipinski definition) is 5. The highest BCUT2D eigenvalue weighted by Crippen LogP contribution is 2.14. The number of β-amino-alcohol motifs (C(OH)–C–C–N with tert-alkyl or cyclic N) is 2. The second-order valence-corrected chi connectivity index (χ2v) is 3.68. The fourth-order valence-electron chi connectivity index (χ4n) is 1.67. The first-order valence-corrected chi connectivity index (χ1v) is 4.64. The topological polar surface area (TPSA) is 69.7 Å². The van der Waals surface area contributed by atoms with E-state index in [9.17, 15) is 10.2 Å². The highest BCUT2D eigenvalue weighted by Gasteiger charge is 2.29. The zero-order chi connectivity index (χ0) is 10.1. The van der Waals surface area contributed by atoms with Crippen molar-refractivity contribution in [2.45, 2.75) is 25.7 Å². The second-order valence-electron chi connectivity index (χ2n) is 3.68. The van der Waals surface area contributed by atoms with E-state index < -0.39 is 12.2 Å². The molecule has 1 aliphatic heterocycles. The molecule has 0 spiro atoms. The maximum atomic E-state index is 9.33. The van der Waals surface area contributed by atoms with Crippen LogP contribution < -0.4 is 0 Å². The minimum Gasteiger partial charge on any atom is -0.448 e. The summed E-state index contributed by atoms with van der Waals surface area (Å²) in [5.74, 6) is 0.792. The summed E-state index contributed by atoms with van der Waals surface area (Å²) in [5, 5.41) is 18.7. The molecule has 2 heterocycles. The van der Waals surface area contributed by atoms with Gasteiger partial charge in [0.15, 0.2) is 6.39 Å². The van der Waals surface area contributed by atoms with E-state index in [-0.39, 0.29) is 0 Å². The Balaban J connectivity index is 1.97. The van der Waals surface area contributed by atoms with Gasteiger partial charge in [0.1, 0.15) is 5.76 Å². The van der Waals surface area contributed by atoms with Gasteiger partial charge < -0.3 is 14.6 Å². The van der Waals surface area contributed by atoms with E-state index in [2.05, 4.69) is 4.98 Å². The Morgan fingerprint density at radius 1 is 1.50 bits per heavy atom. The van der Waals surface area contributed by atoms with Crippen LogP contribution in [0.15, 0.2) is 10.8 Å². The average Bonchev–Trinajstić information content (AvgIpc) is 2.63. The Kier molecular flexibility index (Phi) is 2.54. The smallest absolute Gasteiger partial charge is 0.181 e. The Morgan fingerprint density at radius 2 is 2.14 bits per heavy atom. The summed E-state index contributed by atoms with van der Waals surface area (Å²) in [7, 11) is 0. The molecular weight excluding hydrogens is 184 g/mol. The van der Waals surface area contributed by atoms with Gasteiger partial charge in [0, 0.05) is 19.6 Å². The van der Waals surface area contributed by atoms with Crippen molar-refractivity contribution in [2.75, 3.05) is 13.1 Å². The van der Waals surface area contributed by atoms with Crippen LogP contribution in [0, 0.1) is 6.92 Å². The summed E-state index contributed by atoms with van der Waals surface area (Å²) >= 11 is 0. The Hall–Kier alpha value is -0.910. The molecule has 1 aromatic heterocycles. The summed E-state index contributed by atoms with van der Waals surface area (Å²) in [4.78, 5) is 6.02. The third kappa shape index (κ3) is 1.79. The molecule has 1 fully saturated rings. The predicted molar refractivity (Wildman–Crippen MR) is 48.5 cm³/mol. The van der Waals surface area contributed by atoms with Crippen LogP contribution in [-0.4, -0.2) is 45.4 Å². The quantitative estimate of drug-likeness (QED) is 0.671. The molecule has 2 rings (SSSR count). The Labute approximate surface area is 82.0 Å². The lowest BCUT2D eigenvalue weighted by Gasteiger charge is -2.12.